The van der Waals surface area contributed by atoms with Crippen LogP contribution in [0.5, 0.6) is 17.2 Å². The maximum Gasteiger partial charge on any atom is 0.513 e. The third-order valence-electron chi connectivity index (χ3n) is 4.94. The fraction of sp³-hybridized carbons (Fsp3) is 0.385. The molecule has 38 heavy (non-hydrogen) atoms. The van der Waals surface area contributed by atoms with E-state index in [9.17, 15) is 14.4 Å². The van der Waals surface area contributed by atoms with Gasteiger partial charge in [0.1, 0.15) is 11.8 Å². The molecule has 0 unspecified atom stereocenters. The van der Waals surface area contributed by atoms with E-state index >= 15 is 0 Å². The first-order valence-electron chi connectivity index (χ1n) is 11.8. The van der Waals surface area contributed by atoms with E-state index in [4.69, 9.17) is 42.1 Å². The summed E-state index contributed by atoms with van der Waals surface area (Å²) in [5.74, 6) is -0.163. The molecule has 0 aromatic heterocycles. The summed E-state index contributed by atoms with van der Waals surface area (Å²) in [7, 11) is 1.42. The summed E-state index contributed by atoms with van der Waals surface area (Å²) in [6, 6.07) is 8.49. The van der Waals surface area contributed by atoms with Gasteiger partial charge in [-0.05, 0) is 68.1 Å². The Balaban J connectivity index is 2.03. The topological polar surface area (TPSA) is 125 Å². The van der Waals surface area contributed by atoms with Crippen LogP contribution in [0, 0.1) is 5.92 Å². The summed E-state index contributed by atoms with van der Waals surface area (Å²) >= 11 is 12.0. The average molecular weight is 568 g/mol. The highest BCUT2D eigenvalue weighted by Crippen LogP contribution is 2.29. The third kappa shape index (κ3) is 9.75. The van der Waals surface area contributed by atoms with Crippen molar-refractivity contribution in [3.8, 4) is 17.2 Å². The van der Waals surface area contributed by atoms with E-state index in [1.807, 2.05) is 13.8 Å². The monoisotopic (exact) mass is 567 g/mol. The van der Waals surface area contributed by atoms with Crippen LogP contribution in [0.1, 0.15) is 39.7 Å². The molecule has 2 rings (SSSR count). The molecule has 0 fully saturated rings. The van der Waals surface area contributed by atoms with Gasteiger partial charge in [-0.2, -0.15) is 5.10 Å². The molecule has 0 aliphatic rings. The lowest BCUT2D eigenvalue weighted by Gasteiger charge is -2.22. The summed E-state index contributed by atoms with van der Waals surface area (Å²) < 4.78 is 20.7. The molecule has 206 valence electrons. The van der Waals surface area contributed by atoms with Crippen LogP contribution in [-0.2, 0) is 14.3 Å². The first-order valence-corrected chi connectivity index (χ1v) is 12.6. The van der Waals surface area contributed by atoms with Gasteiger partial charge in [0.05, 0.1) is 25.0 Å². The zero-order valence-corrected chi connectivity index (χ0v) is 23.3. The third-order valence-corrected chi connectivity index (χ3v) is 5.47. The molecule has 0 spiro atoms. The van der Waals surface area contributed by atoms with Gasteiger partial charge in [0.15, 0.2) is 17.6 Å². The van der Waals surface area contributed by atoms with Crippen LogP contribution in [0.3, 0.4) is 0 Å². The highest BCUT2D eigenvalue weighted by molar-refractivity contribution is 6.35. The van der Waals surface area contributed by atoms with E-state index in [0.717, 1.165) is 0 Å². The predicted octanol–water partition coefficient (Wildman–Crippen LogP) is 4.99. The Labute approximate surface area is 231 Å². The van der Waals surface area contributed by atoms with Gasteiger partial charge in [0, 0.05) is 5.02 Å². The number of nitrogens with one attached hydrogen (secondary N) is 2. The Morgan fingerprint density at radius 2 is 1.71 bits per heavy atom. The van der Waals surface area contributed by atoms with Crippen LogP contribution in [0.4, 0.5) is 4.79 Å². The van der Waals surface area contributed by atoms with E-state index in [1.54, 1.807) is 38.1 Å². The summed E-state index contributed by atoms with van der Waals surface area (Å²) in [5.41, 5.74) is 3.00. The lowest BCUT2D eigenvalue weighted by Crippen LogP contribution is -2.49. The molecule has 0 aliphatic carbocycles. The van der Waals surface area contributed by atoms with E-state index in [-0.39, 0.29) is 29.0 Å². The van der Waals surface area contributed by atoms with Gasteiger partial charge in [0.2, 0.25) is 0 Å². The van der Waals surface area contributed by atoms with E-state index in [0.29, 0.717) is 22.8 Å². The maximum atomic E-state index is 12.8. The fourth-order valence-electron chi connectivity index (χ4n) is 3.14. The normalized spacial score (nSPS) is 12.5. The second kappa shape index (κ2) is 15.0. The van der Waals surface area contributed by atoms with E-state index < -0.39 is 30.1 Å². The lowest BCUT2D eigenvalue weighted by molar-refractivity contribution is -0.132. The van der Waals surface area contributed by atoms with E-state index in [2.05, 4.69) is 15.8 Å². The minimum atomic E-state index is -0.928. The van der Waals surface area contributed by atoms with Crippen molar-refractivity contribution in [3.63, 3.8) is 0 Å². The lowest BCUT2D eigenvalue weighted by atomic mass is 10.0. The van der Waals surface area contributed by atoms with Crippen molar-refractivity contribution in [2.75, 3.05) is 13.7 Å². The second-order valence-electron chi connectivity index (χ2n) is 8.46. The number of hydrogen-bond acceptors (Lipinski definition) is 8. The van der Waals surface area contributed by atoms with Crippen molar-refractivity contribution in [3.05, 3.63) is 52.0 Å². The van der Waals surface area contributed by atoms with Crippen LogP contribution in [-0.4, -0.2) is 50.0 Å². The minimum absolute atomic E-state index is 0.105. The van der Waals surface area contributed by atoms with Crippen molar-refractivity contribution in [1.29, 1.82) is 0 Å². The van der Waals surface area contributed by atoms with Crippen LogP contribution < -0.4 is 25.0 Å². The summed E-state index contributed by atoms with van der Waals surface area (Å²) in [4.78, 5) is 37.1. The Morgan fingerprint density at radius 3 is 2.34 bits per heavy atom. The average Bonchev–Trinajstić information content (AvgIpc) is 2.85. The fourth-order valence-corrected chi connectivity index (χ4v) is 3.59. The number of nitrogens with zero attached hydrogens (tertiary/aromatic N) is 1. The standard InChI is InChI=1S/C26H31Cl2N3O7/c1-6-36-26(34)38-22-9-7-17(12-23(22)35-5)14-29-31-25(33)20(11-15(2)3)30-24(32)16(4)37-21-10-8-18(27)13-19(21)28/h7-10,12-16,20H,6,11H2,1-5H3,(H,30,32)(H,31,33)/b29-14-/t16-,20+/m0/s1. The van der Waals surface area contributed by atoms with Gasteiger partial charge in [-0.1, -0.05) is 37.0 Å². The smallest absolute Gasteiger partial charge is 0.493 e. The van der Waals surface area contributed by atoms with Gasteiger partial charge < -0.3 is 24.3 Å². The van der Waals surface area contributed by atoms with Gasteiger partial charge in [-0.15, -0.1) is 0 Å². The maximum absolute atomic E-state index is 12.8. The number of rotatable bonds is 12. The second-order valence-corrected chi connectivity index (χ2v) is 9.30. The Hall–Kier alpha value is -3.50. The summed E-state index contributed by atoms with van der Waals surface area (Å²) in [5, 5.41) is 7.38. The number of hydrazone groups is 1. The molecular weight excluding hydrogens is 537 g/mol. The first-order chi connectivity index (χ1) is 18.0. The summed E-state index contributed by atoms with van der Waals surface area (Å²) in [6.45, 7) is 7.23. The highest BCUT2D eigenvalue weighted by Gasteiger charge is 2.25. The number of ether oxygens (including phenoxy) is 4. The van der Waals surface area contributed by atoms with Crippen molar-refractivity contribution >= 4 is 47.4 Å². The Bertz CT molecular complexity index is 1160. The quantitative estimate of drug-likeness (QED) is 0.160. The number of halogens is 2. The molecular formula is C26H31Cl2N3O7. The van der Waals surface area contributed by atoms with Gasteiger partial charge in [0.25, 0.3) is 11.8 Å². The van der Waals surface area contributed by atoms with Crippen LogP contribution in [0.2, 0.25) is 10.0 Å². The largest absolute Gasteiger partial charge is 0.513 e. The molecule has 10 nitrogen and oxygen atoms in total. The zero-order valence-electron chi connectivity index (χ0n) is 21.7. The van der Waals surface area contributed by atoms with Crippen LogP contribution >= 0.6 is 23.2 Å². The van der Waals surface area contributed by atoms with Crippen molar-refractivity contribution in [2.24, 2.45) is 11.0 Å². The molecule has 2 amide bonds. The van der Waals surface area contributed by atoms with E-state index in [1.165, 1.54) is 25.5 Å². The molecule has 0 bridgehead atoms. The zero-order chi connectivity index (χ0) is 28.2. The van der Waals surface area contributed by atoms with Crippen molar-refractivity contribution < 1.29 is 33.3 Å². The molecule has 12 heteroatoms. The van der Waals surface area contributed by atoms with Gasteiger partial charge >= 0.3 is 6.16 Å². The van der Waals surface area contributed by atoms with Crippen LogP contribution in [0.25, 0.3) is 0 Å². The molecule has 2 atom stereocenters. The van der Waals surface area contributed by atoms with Crippen molar-refractivity contribution in [1.82, 2.24) is 10.7 Å². The molecule has 0 saturated carbocycles. The Kier molecular flexibility index (Phi) is 12.2. The number of carbonyl (C=O) groups is 3. The summed E-state index contributed by atoms with van der Waals surface area (Å²) in [6.07, 6.45) is -0.0251. The molecule has 2 aromatic carbocycles. The number of carbonyl (C=O) groups excluding carboxylic acids is 3. The molecule has 0 aliphatic heterocycles. The Morgan fingerprint density at radius 1 is 1.00 bits per heavy atom. The molecule has 0 radical (unpaired) electrons. The van der Waals surface area contributed by atoms with Crippen LogP contribution in [0.15, 0.2) is 41.5 Å². The van der Waals surface area contributed by atoms with Gasteiger partial charge in [-0.3, -0.25) is 9.59 Å². The number of amides is 2. The minimum Gasteiger partial charge on any atom is -0.493 e. The molecule has 2 N–H and O–H groups in total. The van der Waals surface area contributed by atoms with Crippen molar-refractivity contribution in [2.45, 2.75) is 46.3 Å². The number of benzene rings is 2. The highest BCUT2D eigenvalue weighted by atomic mass is 35.5. The van der Waals surface area contributed by atoms with Gasteiger partial charge in [-0.25, -0.2) is 10.2 Å². The SMILES string of the molecule is CCOC(=O)Oc1ccc(/C=N\NC(=O)[C@@H](CC(C)C)NC(=O)[C@H](C)Oc2ccc(Cl)cc2Cl)cc1OC. The number of methoxy groups -OCH3 is 1. The predicted molar refractivity (Wildman–Crippen MR) is 144 cm³/mol. The first kappa shape index (κ1) is 30.7. The molecule has 0 saturated heterocycles. The molecule has 0 heterocycles. The molecule has 2 aromatic rings. The number of hydrogen-bond donors (Lipinski definition) is 2.